The van der Waals surface area contributed by atoms with E-state index in [0.717, 1.165) is 19.3 Å². The molecular weight excluding hydrogens is 320 g/mol. The van der Waals surface area contributed by atoms with Gasteiger partial charge in [-0.1, -0.05) is 122 Å². The Bertz CT molecular complexity index is 242. The van der Waals surface area contributed by atoms with Crippen LogP contribution in [0.2, 0.25) is 0 Å². The molecule has 0 aromatic heterocycles. The Hall–Kier alpha value is -0.0800. The lowest BCUT2D eigenvalue weighted by Gasteiger charge is -2.09. The van der Waals surface area contributed by atoms with Crippen LogP contribution in [0.3, 0.4) is 0 Å². The number of rotatable bonds is 22. The summed E-state index contributed by atoms with van der Waals surface area (Å²) in [6.45, 7) is 2.58. The summed E-state index contributed by atoms with van der Waals surface area (Å²) in [5.74, 6) is 0. The molecule has 0 aliphatic heterocycles. The SMILES string of the molecule is CCCCCC(O)CCCCCCCCCCCCCCCCCCO. The van der Waals surface area contributed by atoms with E-state index in [1.165, 1.54) is 116 Å². The fourth-order valence-electron chi connectivity index (χ4n) is 3.74. The smallest absolute Gasteiger partial charge is 0.0540 e. The lowest BCUT2D eigenvalue weighted by atomic mass is 10.0. The van der Waals surface area contributed by atoms with Crippen LogP contribution in [0.1, 0.15) is 142 Å². The van der Waals surface area contributed by atoms with Gasteiger partial charge in [-0.05, 0) is 19.3 Å². The molecule has 2 N–H and O–H groups in total. The van der Waals surface area contributed by atoms with Crippen LogP contribution in [0.25, 0.3) is 0 Å². The highest BCUT2D eigenvalue weighted by Crippen LogP contribution is 2.15. The van der Waals surface area contributed by atoms with Crippen LogP contribution in [0.5, 0.6) is 0 Å². The van der Waals surface area contributed by atoms with Gasteiger partial charge in [-0.15, -0.1) is 0 Å². The van der Waals surface area contributed by atoms with E-state index in [1.807, 2.05) is 0 Å². The van der Waals surface area contributed by atoms with Crippen molar-refractivity contribution in [3.05, 3.63) is 0 Å². The van der Waals surface area contributed by atoms with Crippen molar-refractivity contribution in [2.24, 2.45) is 0 Å². The van der Waals surface area contributed by atoms with Crippen molar-refractivity contribution in [3.8, 4) is 0 Å². The normalized spacial score (nSPS) is 12.6. The van der Waals surface area contributed by atoms with Gasteiger partial charge in [0, 0.05) is 6.61 Å². The van der Waals surface area contributed by atoms with Gasteiger partial charge in [-0.3, -0.25) is 0 Å². The van der Waals surface area contributed by atoms with Crippen molar-refractivity contribution in [1.82, 2.24) is 0 Å². The van der Waals surface area contributed by atoms with Gasteiger partial charge in [0.15, 0.2) is 0 Å². The minimum Gasteiger partial charge on any atom is -0.396 e. The molecule has 0 fully saturated rings. The third kappa shape index (κ3) is 22.0. The maximum absolute atomic E-state index is 9.89. The fraction of sp³-hybridized carbons (Fsp3) is 1.00. The largest absolute Gasteiger partial charge is 0.396 e. The first-order valence-electron chi connectivity index (χ1n) is 12.1. The van der Waals surface area contributed by atoms with Gasteiger partial charge in [-0.25, -0.2) is 0 Å². The zero-order valence-electron chi connectivity index (χ0n) is 18.0. The molecule has 0 aliphatic carbocycles. The van der Waals surface area contributed by atoms with E-state index in [4.69, 9.17) is 5.11 Å². The highest BCUT2D eigenvalue weighted by Gasteiger charge is 2.03. The average Bonchev–Trinajstić information content (AvgIpc) is 2.64. The molecule has 158 valence electrons. The van der Waals surface area contributed by atoms with Gasteiger partial charge in [0.25, 0.3) is 0 Å². The van der Waals surface area contributed by atoms with Crippen LogP contribution < -0.4 is 0 Å². The van der Waals surface area contributed by atoms with Gasteiger partial charge in [0.1, 0.15) is 0 Å². The summed E-state index contributed by atoms with van der Waals surface area (Å²) in [6.07, 6.45) is 27.1. The first-order valence-corrected chi connectivity index (χ1v) is 12.1. The first-order chi connectivity index (χ1) is 12.8. The molecule has 0 aromatic rings. The maximum atomic E-state index is 9.89. The van der Waals surface area contributed by atoms with Crippen LogP contribution >= 0.6 is 0 Å². The molecule has 0 saturated heterocycles. The standard InChI is InChI=1S/C24H50O2/c1-2-3-18-21-24(26)22-19-16-14-12-10-8-6-4-5-7-9-11-13-15-17-20-23-25/h24-26H,2-23H2,1H3. The number of aliphatic hydroxyl groups excluding tert-OH is 2. The molecule has 0 saturated carbocycles. The molecule has 2 nitrogen and oxygen atoms in total. The van der Waals surface area contributed by atoms with E-state index in [2.05, 4.69) is 6.92 Å². The lowest BCUT2D eigenvalue weighted by Crippen LogP contribution is -2.05. The Labute approximate surface area is 165 Å². The molecule has 0 radical (unpaired) electrons. The summed E-state index contributed by atoms with van der Waals surface area (Å²) in [7, 11) is 0. The van der Waals surface area contributed by atoms with E-state index in [9.17, 15) is 5.11 Å². The van der Waals surface area contributed by atoms with E-state index < -0.39 is 0 Å². The summed E-state index contributed by atoms with van der Waals surface area (Å²) in [5.41, 5.74) is 0. The molecule has 0 spiro atoms. The van der Waals surface area contributed by atoms with Crippen LogP contribution in [0.4, 0.5) is 0 Å². The summed E-state index contributed by atoms with van der Waals surface area (Å²) >= 11 is 0. The summed E-state index contributed by atoms with van der Waals surface area (Å²) < 4.78 is 0. The molecule has 1 unspecified atom stereocenters. The quantitative estimate of drug-likeness (QED) is 0.193. The third-order valence-electron chi connectivity index (χ3n) is 5.59. The van der Waals surface area contributed by atoms with Crippen LogP contribution in [-0.4, -0.2) is 22.9 Å². The summed E-state index contributed by atoms with van der Waals surface area (Å²) in [4.78, 5) is 0. The monoisotopic (exact) mass is 370 g/mol. The molecule has 0 rings (SSSR count). The maximum Gasteiger partial charge on any atom is 0.0540 e. The van der Waals surface area contributed by atoms with E-state index >= 15 is 0 Å². The average molecular weight is 371 g/mol. The summed E-state index contributed by atoms with van der Waals surface area (Å²) in [5, 5.41) is 18.6. The molecule has 0 aromatic carbocycles. The second-order valence-electron chi connectivity index (χ2n) is 8.32. The predicted octanol–water partition coefficient (Wildman–Crippen LogP) is 7.55. The second kappa shape index (κ2) is 23.0. The van der Waals surface area contributed by atoms with Crippen LogP contribution in [0, 0.1) is 0 Å². The Balaban J connectivity index is 3.05. The van der Waals surface area contributed by atoms with E-state index in [1.54, 1.807) is 0 Å². The van der Waals surface area contributed by atoms with Gasteiger partial charge in [-0.2, -0.15) is 0 Å². The Morgan fingerprint density at radius 1 is 0.462 bits per heavy atom. The molecule has 0 amide bonds. The van der Waals surface area contributed by atoms with Crippen molar-refractivity contribution < 1.29 is 10.2 Å². The van der Waals surface area contributed by atoms with Gasteiger partial charge >= 0.3 is 0 Å². The Kier molecular flexibility index (Phi) is 22.9. The zero-order valence-corrected chi connectivity index (χ0v) is 18.0. The van der Waals surface area contributed by atoms with E-state index in [-0.39, 0.29) is 6.10 Å². The van der Waals surface area contributed by atoms with Crippen molar-refractivity contribution in [2.45, 2.75) is 148 Å². The zero-order chi connectivity index (χ0) is 19.1. The molecular formula is C24H50O2. The fourth-order valence-corrected chi connectivity index (χ4v) is 3.74. The van der Waals surface area contributed by atoms with Crippen molar-refractivity contribution in [2.75, 3.05) is 6.61 Å². The lowest BCUT2D eigenvalue weighted by molar-refractivity contribution is 0.147. The highest BCUT2D eigenvalue weighted by molar-refractivity contribution is 4.57. The van der Waals surface area contributed by atoms with E-state index in [0.29, 0.717) is 6.61 Å². The second-order valence-corrected chi connectivity index (χ2v) is 8.32. The van der Waals surface area contributed by atoms with Crippen molar-refractivity contribution in [1.29, 1.82) is 0 Å². The molecule has 0 bridgehead atoms. The topological polar surface area (TPSA) is 40.5 Å². The van der Waals surface area contributed by atoms with Gasteiger partial charge in [0.2, 0.25) is 0 Å². The minimum absolute atomic E-state index is 0.0397. The molecule has 2 heteroatoms. The van der Waals surface area contributed by atoms with Gasteiger partial charge in [0.05, 0.1) is 6.10 Å². The highest BCUT2D eigenvalue weighted by atomic mass is 16.3. The van der Waals surface area contributed by atoms with Gasteiger partial charge < -0.3 is 10.2 Å². The molecule has 26 heavy (non-hydrogen) atoms. The van der Waals surface area contributed by atoms with Crippen LogP contribution in [-0.2, 0) is 0 Å². The van der Waals surface area contributed by atoms with Crippen molar-refractivity contribution in [3.63, 3.8) is 0 Å². The summed E-state index contributed by atoms with van der Waals surface area (Å²) in [6, 6.07) is 0. The Morgan fingerprint density at radius 3 is 1.12 bits per heavy atom. The number of unbranched alkanes of at least 4 members (excludes halogenated alkanes) is 17. The molecule has 1 atom stereocenters. The van der Waals surface area contributed by atoms with Crippen molar-refractivity contribution >= 4 is 0 Å². The first kappa shape index (κ1) is 25.9. The predicted molar refractivity (Wildman–Crippen MR) is 116 cm³/mol. The Morgan fingerprint density at radius 2 is 0.769 bits per heavy atom. The number of hydrogen-bond donors (Lipinski definition) is 2. The number of aliphatic hydroxyl groups is 2. The third-order valence-corrected chi connectivity index (χ3v) is 5.59. The molecule has 0 heterocycles. The van der Waals surface area contributed by atoms with Crippen LogP contribution in [0.15, 0.2) is 0 Å². The molecule has 0 aliphatic rings. The number of hydrogen-bond acceptors (Lipinski definition) is 2. The minimum atomic E-state index is -0.0397.